The lowest BCUT2D eigenvalue weighted by molar-refractivity contribution is -0.260. The molecule has 11 heteroatoms. The Morgan fingerprint density at radius 3 is 2.18 bits per heavy atom. The van der Waals surface area contributed by atoms with E-state index in [4.69, 9.17) is 18.9 Å². The predicted molar refractivity (Wildman–Crippen MR) is 154 cm³/mol. The smallest absolute Gasteiger partial charge is 0.338 e. The van der Waals surface area contributed by atoms with Crippen LogP contribution in [-0.2, 0) is 42.9 Å². The summed E-state index contributed by atoms with van der Waals surface area (Å²) < 4.78 is 24.5. The van der Waals surface area contributed by atoms with Gasteiger partial charge in [0.1, 0.15) is 36.5 Å². The molecule has 1 aromatic rings. The molecule has 2 aliphatic heterocycles. The normalized spacial score (nSPS) is 45.1. The van der Waals surface area contributed by atoms with Crippen LogP contribution in [0.2, 0.25) is 0 Å². The summed E-state index contributed by atoms with van der Waals surface area (Å²) >= 11 is 0. The van der Waals surface area contributed by atoms with Gasteiger partial charge in [-0.25, -0.2) is 4.79 Å². The average Bonchev–Trinajstić information content (AvgIpc) is 3.23. The van der Waals surface area contributed by atoms with Crippen LogP contribution in [0.15, 0.2) is 42.5 Å². The van der Waals surface area contributed by atoms with E-state index in [0.29, 0.717) is 12.0 Å². The van der Waals surface area contributed by atoms with Crippen LogP contribution in [0, 0.1) is 39.9 Å². The summed E-state index contributed by atoms with van der Waals surface area (Å²) in [6, 6.07) is 7.52. The van der Waals surface area contributed by atoms with Crippen LogP contribution in [0.25, 0.3) is 0 Å². The fourth-order valence-electron chi connectivity index (χ4n) is 11.5. The zero-order valence-corrected chi connectivity index (χ0v) is 25.9. The molecule has 0 N–H and O–H groups in total. The second-order valence-corrected chi connectivity index (χ2v) is 14.1. The van der Waals surface area contributed by atoms with E-state index < -0.39 is 94.3 Å². The molecule has 2 spiro atoms. The van der Waals surface area contributed by atoms with Crippen molar-refractivity contribution in [1.82, 2.24) is 4.90 Å². The minimum atomic E-state index is -1.19. The molecule has 0 radical (unpaired) electrons. The summed E-state index contributed by atoms with van der Waals surface area (Å²) in [5.41, 5.74) is -2.64. The first-order valence-electron chi connectivity index (χ1n) is 15.4. The van der Waals surface area contributed by atoms with Gasteiger partial charge in [-0.05, 0) is 37.1 Å². The van der Waals surface area contributed by atoms with Crippen molar-refractivity contribution in [3.8, 4) is 0 Å². The number of carbonyl (C=O) groups excluding carboxylic acids is 6. The van der Waals surface area contributed by atoms with E-state index in [2.05, 4.69) is 11.5 Å². The van der Waals surface area contributed by atoms with Crippen LogP contribution in [0.1, 0.15) is 50.9 Å². The number of ketones is 1. The Morgan fingerprint density at radius 1 is 0.933 bits per heavy atom. The monoisotopic (exact) mass is 619 g/mol. The van der Waals surface area contributed by atoms with Gasteiger partial charge in [-0.3, -0.25) is 24.1 Å². The molecule has 13 atom stereocenters. The molecule has 238 valence electrons. The number of benzene rings is 1. The number of carbonyl (C=O) groups is 6. The van der Waals surface area contributed by atoms with Crippen LogP contribution in [0.4, 0.5) is 0 Å². The molecular weight excluding hydrogens is 582 g/mol. The molecule has 0 amide bonds. The van der Waals surface area contributed by atoms with E-state index in [1.165, 1.54) is 20.8 Å². The van der Waals surface area contributed by atoms with Gasteiger partial charge in [0.05, 0.1) is 11.5 Å². The van der Waals surface area contributed by atoms with E-state index in [0.717, 1.165) is 6.29 Å². The topological polar surface area (TPSA) is 143 Å². The molecule has 9 rings (SSSR count). The van der Waals surface area contributed by atoms with Crippen LogP contribution >= 0.6 is 0 Å². The number of fused-ring (bicyclic) bond motifs is 1. The second-order valence-electron chi connectivity index (χ2n) is 14.1. The molecule has 6 saturated carbocycles. The zero-order chi connectivity index (χ0) is 32.4. The predicted octanol–water partition coefficient (Wildman–Crippen LogP) is 2.31. The quantitative estimate of drug-likeness (QED) is 0.200. The van der Waals surface area contributed by atoms with Gasteiger partial charge >= 0.3 is 23.9 Å². The van der Waals surface area contributed by atoms with Crippen molar-refractivity contribution in [2.45, 2.75) is 77.0 Å². The van der Waals surface area contributed by atoms with Crippen molar-refractivity contribution in [2.24, 2.45) is 39.9 Å². The van der Waals surface area contributed by atoms with Crippen LogP contribution in [-0.4, -0.2) is 84.4 Å². The highest BCUT2D eigenvalue weighted by Gasteiger charge is 2.93. The minimum Gasteiger partial charge on any atom is -0.461 e. The Morgan fingerprint density at radius 2 is 1.58 bits per heavy atom. The summed E-state index contributed by atoms with van der Waals surface area (Å²) in [5, 5.41) is 0. The zero-order valence-electron chi connectivity index (χ0n) is 25.9. The Kier molecular flexibility index (Phi) is 6.35. The van der Waals surface area contributed by atoms with Crippen molar-refractivity contribution in [3.63, 3.8) is 0 Å². The third-order valence-corrected chi connectivity index (χ3v) is 12.1. The molecule has 2 saturated heterocycles. The van der Waals surface area contributed by atoms with Crippen LogP contribution in [0.3, 0.4) is 0 Å². The third-order valence-electron chi connectivity index (χ3n) is 12.1. The van der Waals surface area contributed by atoms with E-state index >= 15 is 0 Å². The second kappa shape index (κ2) is 9.57. The highest BCUT2D eigenvalue weighted by molar-refractivity contribution is 5.94. The largest absolute Gasteiger partial charge is 0.461 e. The standard InChI is InChI=1S/C34H37NO10/c1-15-22-24(40)23-28-34-26(20(35(28)6)12-33(23,29(15)43-17(3)38)27(34)25(22)42-16(2)37)32(5,14-36)13-21(30(34)44-18(4)39)45-31(41)19-10-8-7-9-11-19/h7-11,14,20-23,25-30H,1,12-13H2,2-6H3. The lowest BCUT2D eigenvalue weighted by atomic mass is 9.38. The molecule has 11 nitrogen and oxygen atoms in total. The Labute approximate surface area is 260 Å². The maximum Gasteiger partial charge on any atom is 0.338 e. The first kappa shape index (κ1) is 29.8. The maximum atomic E-state index is 14.6. The molecule has 8 fully saturated rings. The SMILES string of the molecule is C=C1C2C(=O)C3C4N(C)C5CC3(C1OC(C)=O)C(C2OC(C)=O)C41C(OC(C)=O)C(OC(=O)c2ccccc2)CC(C)(C=O)C51. The number of rotatable bonds is 6. The summed E-state index contributed by atoms with van der Waals surface area (Å²) in [4.78, 5) is 81.7. The van der Waals surface area contributed by atoms with Gasteiger partial charge in [-0.1, -0.05) is 31.7 Å². The van der Waals surface area contributed by atoms with Gasteiger partial charge < -0.3 is 23.7 Å². The van der Waals surface area contributed by atoms with Gasteiger partial charge in [-0.15, -0.1) is 0 Å². The van der Waals surface area contributed by atoms with Crippen molar-refractivity contribution in [2.75, 3.05) is 7.05 Å². The number of ether oxygens (including phenoxy) is 4. The van der Waals surface area contributed by atoms with Gasteiger partial charge in [-0.2, -0.15) is 0 Å². The molecule has 6 aliphatic carbocycles. The van der Waals surface area contributed by atoms with Crippen molar-refractivity contribution < 1.29 is 47.7 Å². The van der Waals surface area contributed by atoms with E-state index in [-0.39, 0.29) is 23.8 Å². The van der Waals surface area contributed by atoms with Gasteiger partial charge in [0.15, 0.2) is 0 Å². The number of piperidine rings is 1. The third kappa shape index (κ3) is 3.50. The van der Waals surface area contributed by atoms with E-state index in [1.54, 1.807) is 30.3 Å². The van der Waals surface area contributed by atoms with Crippen molar-refractivity contribution in [1.29, 1.82) is 0 Å². The summed E-state index contributed by atoms with van der Waals surface area (Å²) in [6.07, 6.45) is -2.69. The Balaban J connectivity index is 1.49. The van der Waals surface area contributed by atoms with Gasteiger partial charge in [0.2, 0.25) is 0 Å². The van der Waals surface area contributed by atoms with Crippen molar-refractivity contribution >= 4 is 35.9 Å². The number of nitrogens with zero attached hydrogens (tertiary/aromatic N) is 1. The molecule has 7 bridgehead atoms. The fraction of sp³-hybridized carbons (Fsp3) is 0.588. The molecule has 13 unspecified atom stereocenters. The lowest BCUT2D eigenvalue weighted by Gasteiger charge is -2.68. The molecular formula is C34H37NO10. The van der Waals surface area contributed by atoms with Gasteiger partial charge in [0, 0.05) is 67.4 Å². The summed E-state index contributed by atoms with van der Waals surface area (Å²) in [6.45, 7) is 9.89. The minimum absolute atomic E-state index is 0.0799. The number of hydrogen-bond acceptors (Lipinski definition) is 11. The maximum absolute atomic E-state index is 14.6. The number of esters is 4. The Hall–Kier alpha value is -3.86. The molecule has 2 heterocycles. The van der Waals surface area contributed by atoms with Crippen molar-refractivity contribution in [3.05, 3.63) is 48.0 Å². The number of Topliss-reactive ketones (excluding diaryl/α,β-unsaturated/α-hetero) is 1. The highest BCUT2D eigenvalue weighted by Crippen LogP contribution is 2.84. The molecule has 1 aromatic carbocycles. The van der Waals surface area contributed by atoms with E-state index in [1.807, 2.05) is 14.0 Å². The van der Waals surface area contributed by atoms with Crippen LogP contribution < -0.4 is 0 Å². The lowest BCUT2D eigenvalue weighted by Crippen LogP contribution is -2.76. The van der Waals surface area contributed by atoms with E-state index in [9.17, 15) is 28.8 Å². The Bertz CT molecular complexity index is 1560. The first-order chi connectivity index (χ1) is 21.2. The van der Waals surface area contributed by atoms with Crippen LogP contribution in [0.5, 0.6) is 0 Å². The molecule has 0 aromatic heterocycles. The average molecular weight is 620 g/mol. The summed E-state index contributed by atoms with van der Waals surface area (Å²) in [5.74, 6) is -5.39. The number of aldehydes is 1. The highest BCUT2D eigenvalue weighted by atomic mass is 16.6. The fourth-order valence-corrected chi connectivity index (χ4v) is 11.5. The summed E-state index contributed by atoms with van der Waals surface area (Å²) in [7, 11) is 1.90. The molecule has 45 heavy (non-hydrogen) atoms. The number of hydrogen-bond donors (Lipinski definition) is 0. The first-order valence-corrected chi connectivity index (χ1v) is 15.4. The molecule has 8 aliphatic rings. The van der Waals surface area contributed by atoms with Gasteiger partial charge in [0.25, 0.3) is 0 Å².